The van der Waals surface area contributed by atoms with Gasteiger partial charge in [0.15, 0.2) is 0 Å². The lowest BCUT2D eigenvalue weighted by molar-refractivity contribution is -0.102. The van der Waals surface area contributed by atoms with Crippen LogP contribution in [0.1, 0.15) is 33.6 Å². The second kappa shape index (κ2) is 4.81. The van der Waals surface area contributed by atoms with E-state index in [1.165, 1.54) is 4.90 Å². The van der Waals surface area contributed by atoms with Gasteiger partial charge in [-0.15, -0.1) is 0 Å². The van der Waals surface area contributed by atoms with Crippen molar-refractivity contribution in [2.75, 3.05) is 13.3 Å². The molecule has 1 amide bonds. The molecule has 1 saturated heterocycles. The summed E-state index contributed by atoms with van der Waals surface area (Å²) in [7, 11) is 0. The van der Waals surface area contributed by atoms with Crippen LogP contribution in [0.2, 0.25) is 0 Å². The van der Waals surface area contributed by atoms with Crippen molar-refractivity contribution in [3.8, 4) is 0 Å². The Morgan fingerprint density at radius 3 is 2.73 bits per heavy atom. The number of hydrogen-bond donors (Lipinski definition) is 1. The molecule has 5 heteroatoms. The normalized spacial score (nSPS) is 21.9. The third kappa shape index (κ3) is 3.68. The summed E-state index contributed by atoms with van der Waals surface area (Å²) in [4.78, 5) is 13.2. The Bertz CT molecular complexity index is 224. The van der Waals surface area contributed by atoms with Crippen LogP contribution in [0.25, 0.3) is 0 Å². The fourth-order valence-corrected chi connectivity index (χ4v) is 1.52. The van der Waals surface area contributed by atoms with Crippen LogP contribution in [0.3, 0.4) is 0 Å². The average Bonchev–Trinajstić information content (AvgIpc) is 2.49. The van der Waals surface area contributed by atoms with Crippen LogP contribution in [0.4, 0.5) is 4.79 Å². The van der Waals surface area contributed by atoms with Gasteiger partial charge in [0.1, 0.15) is 18.6 Å². The van der Waals surface area contributed by atoms with E-state index in [4.69, 9.17) is 14.6 Å². The van der Waals surface area contributed by atoms with Gasteiger partial charge in [-0.3, -0.25) is 4.90 Å². The molecule has 15 heavy (non-hydrogen) atoms. The number of hydrogen-bond acceptors (Lipinski definition) is 4. The zero-order valence-electron chi connectivity index (χ0n) is 9.52. The summed E-state index contributed by atoms with van der Waals surface area (Å²) in [5.74, 6) is 0. The Hall–Kier alpha value is -0.810. The number of rotatable bonds is 2. The van der Waals surface area contributed by atoms with Crippen LogP contribution < -0.4 is 0 Å². The predicted octanol–water partition coefficient (Wildman–Crippen LogP) is 1.31. The Morgan fingerprint density at radius 2 is 2.20 bits per heavy atom. The highest BCUT2D eigenvalue weighted by Crippen LogP contribution is 2.21. The number of carbonyl (C=O) groups is 1. The van der Waals surface area contributed by atoms with E-state index in [1.807, 2.05) is 20.8 Å². The van der Waals surface area contributed by atoms with E-state index in [0.717, 1.165) is 12.8 Å². The number of amides is 1. The summed E-state index contributed by atoms with van der Waals surface area (Å²) in [6.45, 7) is 5.72. The molecule has 0 aromatic carbocycles. The lowest BCUT2D eigenvalue weighted by Gasteiger charge is -2.27. The van der Waals surface area contributed by atoms with Crippen LogP contribution in [-0.4, -0.2) is 41.3 Å². The van der Waals surface area contributed by atoms with E-state index < -0.39 is 5.60 Å². The van der Waals surface area contributed by atoms with E-state index in [2.05, 4.69) is 0 Å². The molecule has 5 nitrogen and oxygen atoms in total. The van der Waals surface area contributed by atoms with E-state index >= 15 is 0 Å². The molecule has 0 aliphatic carbocycles. The molecule has 1 aliphatic rings. The molecular formula is C10H19NO4. The van der Waals surface area contributed by atoms with Crippen molar-refractivity contribution in [1.82, 2.24) is 4.90 Å². The molecule has 1 fully saturated rings. The molecule has 1 rings (SSSR count). The van der Waals surface area contributed by atoms with Gasteiger partial charge in [-0.1, -0.05) is 0 Å². The number of likely N-dealkylation sites (tertiary alicyclic amines) is 1. The molecule has 0 spiro atoms. The largest absolute Gasteiger partial charge is 0.444 e. The molecule has 1 N–H and O–H groups in total. The molecule has 0 bridgehead atoms. The van der Waals surface area contributed by atoms with Crippen LogP contribution in [0.15, 0.2) is 0 Å². The first-order valence-corrected chi connectivity index (χ1v) is 5.16. The highest BCUT2D eigenvalue weighted by molar-refractivity contribution is 5.68. The third-order valence-electron chi connectivity index (χ3n) is 2.09. The summed E-state index contributed by atoms with van der Waals surface area (Å²) in [5.41, 5.74) is -0.497. The SMILES string of the molecule is CC(C)(C)OC(=O)N1CCC[C@@H]1OCO. The van der Waals surface area contributed by atoms with Crippen LogP contribution in [0, 0.1) is 0 Å². The monoisotopic (exact) mass is 217 g/mol. The molecule has 0 aromatic heterocycles. The molecule has 88 valence electrons. The highest BCUT2D eigenvalue weighted by atomic mass is 16.6. The standard InChI is InChI=1S/C10H19NO4/c1-10(2,3)15-9(13)11-6-4-5-8(11)14-7-12/h8,12H,4-7H2,1-3H3/t8-/m0/s1. The second-order valence-electron chi connectivity index (χ2n) is 4.57. The van der Waals surface area contributed by atoms with Crippen molar-refractivity contribution in [3.05, 3.63) is 0 Å². The minimum absolute atomic E-state index is 0.343. The molecular weight excluding hydrogens is 198 g/mol. The van der Waals surface area contributed by atoms with Gasteiger partial charge in [-0.25, -0.2) is 4.79 Å². The zero-order chi connectivity index (χ0) is 11.5. The fourth-order valence-electron chi connectivity index (χ4n) is 1.52. The molecule has 0 unspecified atom stereocenters. The van der Waals surface area contributed by atoms with Crippen molar-refractivity contribution in [2.24, 2.45) is 0 Å². The van der Waals surface area contributed by atoms with Gasteiger partial charge in [0.2, 0.25) is 0 Å². The van der Waals surface area contributed by atoms with Gasteiger partial charge in [-0.05, 0) is 33.6 Å². The first kappa shape index (κ1) is 12.3. The summed E-state index contributed by atoms with van der Waals surface area (Å²) in [6.07, 6.45) is 0.910. The summed E-state index contributed by atoms with van der Waals surface area (Å²) in [5, 5.41) is 8.66. The number of aliphatic hydroxyl groups excluding tert-OH is 1. The van der Waals surface area contributed by atoms with E-state index in [0.29, 0.717) is 6.54 Å². The highest BCUT2D eigenvalue weighted by Gasteiger charge is 2.32. The zero-order valence-corrected chi connectivity index (χ0v) is 9.52. The Kier molecular flexibility index (Phi) is 3.93. The first-order chi connectivity index (χ1) is 6.94. The summed E-state index contributed by atoms with van der Waals surface area (Å²) in [6, 6.07) is 0. The number of aliphatic hydroxyl groups is 1. The van der Waals surface area contributed by atoms with Crippen LogP contribution >= 0.6 is 0 Å². The van der Waals surface area contributed by atoms with Gasteiger partial charge in [0.05, 0.1) is 0 Å². The summed E-state index contributed by atoms with van der Waals surface area (Å²) < 4.78 is 10.3. The van der Waals surface area contributed by atoms with E-state index in [9.17, 15) is 4.79 Å². The third-order valence-corrected chi connectivity index (χ3v) is 2.09. The van der Waals surface area contributed by atoms with Gasteiger partial charge in [-0.2, -0.15) is 0 Å². The predicted molar refractivity (Wildman–Crippen MR) is 54.1 cm³/mol. The molecule has 0 radical (unpaired) electrons. The van der Waals surface area contributed by atoms with Crippen molar-refractivity contribution in [1.29, 1.82) is 0 Å². The van der Waals surface area contributed by atoms with Crippen LogP contribution in [-0.2, 0) is 9.47 Å². The minimum atomic E-state index is -0.497. The minimum Gasteiger partial charge on any atom is -0.444 e. The van der Waals surface area contributed by atoms with Gasteiger partial charge >= 0.3 is 6.09 Å². The maximum Gasteiger partial charge on any atom is 0.412 e. The van der Waals surface area contributed by atoms with Gasteiger partial charge in [0, 0.05) is 6.54 Å². The van der Waals surface area contributed by atoms with Gasteiger partial charge in [0.25, 0.3) is 0 Å². The van der Waals surface area contributed by atoms with Gasteiger partial charge < -0.3 is 14.6 Å². The lowest BCUT2D eigenvalue weighted by Crippen LogP contribution is -2.41. The van der Waals surface area contributed by atoms with Crippen molar-refractivity contribution >= 4 is 6.09 Å². The Labute approximate surface area is 90.0 Å². The fraction of sp³-hybridized carbons (Fsp3) is 0.900. The van der Waals surface area contributed by atoms with Crippen molar-refractivity contribution in [2.45, 2.75) is 45.4 Å². The molecule has 0 aromatic rings. The first-order valence-electron chi connectivity index (χ1n) is 5.16. The molecule has 1 aliphatic heterocycles. The molecule has 0 saturated carbocycles. The second-order valence-corrected chi connectivity index (χ2v) is 4.57. The Balaban J connectivity index is 2.51. The van der Waals surface area contributed by atoms with E-state index in [-0.39, 0.29) is 19.1 Å². The molecule has 1 atom stereocenters. The maximum absolute atomic E-state index is 11.7. The topological polar surface area (TPSA) is 59.0 Å². The van der Waals surface area contributed by atoms with Crippen LogP contribution in [0.5, 0.6) is 0 Å². The molecule has 1 heterocycles. The van der Waals surface area contributed by atoms with E-state index in [1.54, 1.807) is 0 Å². The number of ether oxygens (including phenoxy) is 2. The number of nitrogens with zero attached hydrogens (tertiary/aromatic N) is 1. The lowest BCUT2D eigenvalue weighted by atomic mass is 10.2. The Morgan fingerprint density at radius 1 is 1.53 bits per heavy atom. The smallest absolute Gasteiger partial charge is 0.412 e. The number of carbonyl (C=O) groups excluding carboxylic acids is 1. The van der Waals surface area contributed by atoms with Crippen molar-refractivity contribution in [3.63, 3.8) is 0 Å². The van der Waals surface area contributed by atoms with Crippen molar-refractivity contribution < 1.29 is 19.4 Å². The maximum atomic E-state index is 11.7. The quantitative estimate of drug-likeness (QED) is 0.708. The average molecular weight is 217 g/mol. The summed E-state index contributed by atoms with van der Waals surface area (Å²) >= 11 is 0.